The molecule has 0 aliphatic carbocycles. The number of anilines is 1. The van der Waals surface area contributed by atoms with Crippen LogP contribution in [0.25, 0.3) is 11.1 Å². The zero-order chi connectivity index (χ0) is 21.5. The summed E-state index contributed by atoms with van der Waals surface area (Å²) in [5, 5.41) is 0. The number of ether oxygens (including phenoxy) is 1. The molecule has 1 atom stereocenters. The lowest BCUT2D eigenvalue weighted by molar-refractivity contribution is 0.125. The minimum atomic E-state index is -3.76. The molecule has 30 heavy (non-hydrogen) atoms. The van der Waals surface area contributed by atoms with Gasteiger partial charge in [0.05, 0.1) is 17.0 Å². The van der Waals surface area contributed by atoms with Crippen molar-refractivity contribution in [3.63, 3.8) is 0 Å². The van der Waals surface area contributed by atoms with Crippen molar-refractivity contribution < 1.29 is 17.6 Å². The molecule has 3 aromatic rings. The van der Waals surface area contributed by atoms with Gasteiger partial charge in [0.15, 0.2) is 11.4 Å². The summed E-state index contributed by atoms with van der Waals surface area (Å²) in [5.74, 6) is 0.428. The second kappa shape index (κ2) is 7.73. The number of aromatic nitrogens is 3. The summed E-state index contributed by atoms with van der Waals surface area (Å²) in [6.45, 7) is 0.597. The van der Waals surface area contributed by atoms with Crippen LogP contribution in [0, 0.1) is 0 Å². The van der Waals surface area contributed by atoms with Gasteiger partial charge in [0, 0.05) is 40.1 Å². The minimum absolute atomic E-state index is 0.112. The Morgan fingerprint density at radius 3 is 2.77 bits per heavy atom. The van der Waals surface area contributed by atoms with Gasteiger partial charge in [-0.1, -0.05) is 0 Å². The number of hydrogen-bond donors (Lipinski definition) is 0. The first-order chi connectivity index (χ1) is 14.3. The first-order valence-corrected chi connectivity index (χ1v) is 11.0. The van der Waals surface area contributed by atoms with Gasteiger partial charge in [-0.05, 0) is 31.0 Å². The fourth-order valence-corrected chi connectivity index (χ4v) is 5.03. The van der Waals surface area contributed by atoms with Gasteiger partial charge in [-0.25, -0.2) is 23.2 Å². The minimum Gasteiger partial charge on any atom is -0.470 e. The highest BCUT2D eigenvalue weighted by Gasteiger charge is 2.32. The summed E-state index contributed by atoms with van der Waals surface area (Å²) >= 11 is 0. The highest BCUT2D eigenvalue weighted by molar-refractivity contribution is 7.89. The summed E-state index contributed by atoms with van der Waals surface area (Å²) in [6.07, 6.45) is 4.16. The van der Waals surface area contributed by atoms with E-state index in [0.29, 0.717) is 42.2 Å². The van der Waals surface area contributed by atoms with Gasteiger partial charge in [0.2, 0.25) is 10.0 Å². The maximum absolute atomic E-state index is 13.2. The number of piperidine rings is 1. The number of fused-ring (bicyclic) bond motifs is 1. The fraction of sp³-hybridized carbons (Fsp3) is 0.421. The normalized spacial score (nSPS) is 17.9. The van der Waals surface area contributed by atoms with E-state index in [2.05, 4.69) is 9.97 Å². The van der Waals surface area contributed by atoms with E-state index >= 15 is 0 Å². The molecule has 1 fully saturated rings. The zero-order valence-electron chi connectivity index (χ0n) is 17.0. The van der Waals surface area contributed by atoms with Crippen LogP contribution in [0.1, 0.15) is 12.8 Å². The van der Waals surface area contributed by atoms with Gasteiger partial charge in [-0.2, -0.15) is 4.31 Å². The Balaban J connectivity index is 1.58. The van der Waals surface area contributed by atoms with Crippen molar-refractivity contribution in [2.45, 2.75) is 23.8 Å². The van der Waals surface area contributed by atoms with Gasteiger partial charge in [0.25, 0.3) is 5.88 Å². The van der Waals surface area contributed by atoms with Crippen LogP contribution >= 0.6 is 0 Å². The van der Waals surface area contributed by atoms with E-state index in [9.17, 15) is 13.2 Å². The third kappa shape index (κ3) is 3.65. The zero-order valence-corrected chi connectivity index (χ0v) is 17.8. The molecule has 0 amide bonds. The fourth-order valence-electron chi connectivity index (χ4n) is 3.50. The molecule has 1 aromatic carbocycles. The summed E-state index contributed by atoms with van der Waals surface area (Å²) in [4.78, 5) is 22.1. The quantitative estimate of drug-likeness (QED) is 0.591. The first kappa shape index (κ1) is 20.4. The largest absolute Gasteiger partial charge is 0.470 e. The standard InChI is InChI=1S/C19H23N5O5S/c1-22(2)17-18(21-9-8-20-17)28-13-5-4-10-24(12-13)30(26,27)14-6-7-16-15(11-14)23(3)19(25)29-16/h6-9,11,13H,4-5,10,12H2,1-3H3. The smallest absolute Gasteiger partial charge is 0.419 e. The van der Waals surface area contributed by atoms with Crippen molar-refractivity contribution in [3.8, 4) is 5.88 Å². The van der Waals surface area contributed by atoms with Crippen molar-refractivity contribution in [3.05, 3.63) is 41.1 Å². The van der Waals surface area contributed by atoms with Crippen molar-refractivity contribution in [2.24, 2.45) is 7.05 Å². The molecule has 0 saturated carbocycles. The lowest BCUT2D eigenvalue weighted by atomic mass is 10.1. The van der Waals surface area contributed by atoms with Crippen LogP contribution < -0.4 is 15.4 Å². The molecule has 1 unspecified atom stereocenters. The highest BCUT2D eigenvalue weighted by Crippen LogP contribution is 2.27. The molecule has 4 rings (SSSR count). The van der Waals surface area contributed by atoms with Gasteiger partial charge in [-0.15, -0.1) is 0 Å². The van der Waals surface area contributed by atoms with Crippen LogP contribution in [-0.4, -0.2) is 60.5 Å². The second-order valence-corrected chi connectivity index (χ2v) is 9.32. The Bertz CT molecular complexity index is 1230. The predicted molar refractivity (Wildman–Crippen MR) is 110 cm³/mol. The molecule has 1 saturated heterocycles. The molecule has 1 aliphatic rings. The number of oxazole rings is 1. The molecular weight excluding hydrogens is 410 g/mol. The van der Waals surface area contributed by atoms with Gasteiger partial charge in [0.1, 0.15) is 6.10 Å². The molecular formula is C19H23N5O5S. The van der Waals surface area contributed by atoms with Crippen molar-refractivity contribution >= 4 is 26.9 Å². The third-order valence-corrected chi connectivity index (χ3v) is 6.95. The van der Waals surface area contributed by atoms with E-state index in [0.717, 1.165) is 0 Å². The Kier molecular flexibility index (Phi) is 5.24. The highest BCUT2D eigenvalue weighted by atomic mass is 32.2. The van der Waals surface area contributed by atoms with Crippen LogP contribution in [0.15, 0.2) is 44.7 Å². The number of benzene rings is 1. The first-order valence-electron chi connectivity index (χ1n) is 9.52. The number of aryl methyl sites for hydroxylation is 1. The molecule has 0 spiro atoms. The Hall–Kier alpha value is -2.92. The average Bonchev–Trinajstić information content (AvgIpc) is 3.02. The maximum atomic E-state index is 13.2. The molecule has 0 radical (unpaired) electrons. The van der Waals surface area contributed by atoms with E-state index in [1.54, 1.807) is 24.3 Å². The number of nitrogens with zero attached hydrogens (tertiary/aromatic N) is 5. The van der Waals surface area contributed by atoms with Crippen molar-refractivity contribution in [1.82, 2.24) is 18.8 Å². The summed E-state index contributed by atoms with van der Waals surface area (Å²) < 4.78 is 40.3. The predicted octanol–water partition coefficient (Wildman–Crippen LogP) is 1.22. The van der Waals surface area contributed by atoms with Crippen LogP contribution in [0.3, 0.4) is 0 Å². The van der Waals surface area contributed by atoms with E-state index in [1.807, 2.05) is 14.1 Å². The van der Waals surface area contributed by atoms with Crippen LogP contribution in [0.5, 0.6) is 5.88 Å². The second-order valence-electron chi connectivity index (χ2n) is 7.38. The molecule has 0 bridgehead atoms. The molecule has 10 nitrogen and oxygen atoms in total. The summed E-state index contributed by atoms with van der Waals surface area (Å²) in [7, 11) is 1.46. The van der Waals surface area contributed by atoms with Crippen molar-refractivity contribution in [2.75, 3.05) is 32.1 Å². The van der Waals surface area contributed by atoms with Crippen molar-refractivity contribution in [1.29, 1.82) is 0 Å². The molecule has 2 aromatic heterocycles. The molecule has 160 valence electrons. The number of sulfonamides is 1. The summed E-state index contributed by atoms with van der Waals surface area (Å²) in [6, 6.07) is 4.43. The third-order valence-electron chi connectivity index (χ3n) is 5.09. The van der Waals surface area contributed by atoms with Crippen LogP contribution in [-0.2, 0) is 17.1 Å². The molecule has 11 heteroatoms. The van der Waals surface area contributed by atoms with E-state index in [4.69, 9.17) is 9.15 Å². The van der Waals surface area contributed by atoms with E-state index in [-0.39, 0.29) is 17.5 Å². The number of rotatable bonds is 5. The Morgan fingerprint density at radius 1 is 1.23 bits per heavy atom. The van der Waals surface area contributed by atoms with Gasteiger partial charge < -0.3 is 14.1 Å². The average molecular weight is 433 g/mol. The van der Waals surface area contributed by atoms with E-state index < -0.39 is 15.8 Å². The Morgan fingerprint density at radius 2 is 2.00 bits per heavy atom. The lowest BCUT2D eigenvalue weighted by Crippen LogP contribution is -2.44. The lowest BCUT2D eigenvalue weighted by Gasteiger charge is -2.32. The van der Waals surface area contributed by atoms with Crippen LogP contribution in [0.4, 0.5) is 5.82 Å². The topological polar surface area (TPSA) is 111 Å². The molecule has 0 N–H and O–H groups in total. The maximum Gasteiger partial charge on any atom is 0.419 e. The van der Waals surface area contributed by atoms with E-state index in [1.165, 1.54) is 27.1 Å². The van der Waals surface area contributed by atoms with Gasteiger partial charge in [-0.3, -0.25) is 4.57 Å². The molecule has 1 aliphatic heterocycles. The molecule has 3 heterocycles. The SMILES string of the molecule is CN(C)c1nccnc1OC1CCCN(S(=O)(=O)c2ccc3oc(=O)n(C)c3c2)C1. The Labute approximate surface area is 173 Å². The monoisotopic (exact) mass is 433 g/mol. The summed E-state index contributed by atoms with van der Waals surface area (Å²) in [5.41, 5.74) is 0.779. The van der Waals surface area contributed by atoms with Gasteiger partial charge >= 0.3 is 5.76 Å². The van der Waals surface area contributed by atoms with Crippen LogP contribution in [0.2, 0.25) is 0 Å². The number of hydrogen-bond acceptors (Lipinski definition) is 8.